The predicted octanol–water partition coefficient (Wildman–Crippen LogP) is -9.25. The lowest BCUT2D eigenvalue weighted by molar-refractivity contribution is -0.402. The molecule has 1 aromatic heterocycles. The number of ether oxygens (including phenoxy) is 13. The maximum absolute atomic E-state index is 12.8. The van der Waals surface area contributed by atoms with Crippen LogP contribution in [0.15, 0.2) is 0 Å². The molecule has 24 rings (SSSR count). The standard InChI is InChI=1S/C51H84N4O30/c1-3-4-8-11-52-26(60)17-73-20-10-7-5-6-9-19-27(20)53-54-55(19)12-21-41-29(62)35(68)47(75-21)80-40-18(2)74-46(34(67)28(40)61)82-42-22(13-56)77-49(37(70)30(42)63)84-44-24(15-58)79-51(39(72)32(44)65)85-45-25(16-59)78-50(38(71)33(45)66)83-43-23(14-57)76-48(81-41)36(69)31(43)64/h18,20-25,28-51,56-59,61-72H,3-17H2,1-2H3,(H,52,60). The van der Waals surface area contributed by atoms with Crippen LogP contribution in [0.25, 0.3) is 0 Å². The van der Waals surface area contributed by atoms with Crippen LogP contribution >= 0.6 is 0 Å². The van der Waals surface area contributed by atoms with Gasteiger partial charge in [0.1, 0.15) is 159 Å². The Balaban J connectivity index is 1.02. The first-order valence-corrected chi connectivity index (χ1v) is 29.0. The average Bonchev–Trinajstić information content (AvgIpc) is 3.33. The predicted molar refractivity (Wildman–Crippen MR) is 271 cm³/mol. The fourth-order valence-electron chi connectivity index (χ4n) is 12.0. The number of aliphatic hydroxyl groups is 16. The zero-order valence-corrected chi connectivity index (χ0v) is 46.7. The van der Waals surface area contributed by atoms with E-state index >= 15 is 0 Å². The summed E-state index contributed by atoms with van der Waals surface area (Å²) < 4.78 is 78.7. The molecule has 22 aliphatic heterocycles. The lowest BCUT2D eigenvalue weighted by atomic mass is 9.94. The molecular weight excluding hydrogens is 1150 g/mol. The van der Waals surface area contributed by atoms with Crippen LogP contribution in [-0.4, -0.2) is 326 Å². The van der Waals surface area contributed by atoms with Crippen LogP contribution in [-0.2, 0) is 79.3 Å². The number of aliphatic hydroxyl groups excluding tert-OH is 16. The normalized spacial score (nSPS) is 47.5. The second-order valence-corrected chi connectivity index (χ2v) is 22.7. The fourth-order valence-corrected chi connectivity index (χ4v) is 12.0. The molecule has 34 nitrogen and oxygen atoms in total. The quantitative estimate of drug-likeness (QED) is 0.0816. The molecule has 23 heterocycles. The van der Waals surface area contributed by atoms with E-state index in [0.29, 0.717) is 37.2 Å². The van der Waals surface area contributed by atoms with E-state index in [1.807, 2.05) is 6.92 Å². The molecule has 17 N–H and O–H groups in total. The Morgan fingerprint density at radius 1 is 0.494 bits per heavy atom. The van der Waals surface area contributed by atoms with Gasteiger partial charge < -0.3 is 149 Å². The minimum Gasteiger partial charge on any atom is -0.394 e. The number of amides is 1. The number of fused-ring (bicyclic) bond motifs is 1. The zero-order chi connectivity index (χ0) is 61.1. The van der Waals surface area contributed by atoms with Gasteiger partial charge in [0.25, 0.3) is 0 Å². The van der Waals surface area contributed by atoms with Crippen molar-refractivity contribution in [2.75, 3.05) is 39.6 Å². The van der Waals surface area contributed by atoms with E-state index in [1.165, 1.54) is 11.6 Å². The van der Waals surface area contributed by atoms with Gasteiger partial charge in [0, 0.05) is 6.54 Å². The van der Waals surface area contributed by atoms with Crippen molar-refractivity contribution in [3.05, 3.63) is 11.4 Å². The fraction of sp³-hybridized carbons (Fsp3) is 0.941. The summed E-state index contributed by atoms with van der Waals surface area (Å²) in [7, 11) is 0. The molecule has 85 heavy (non-hydrogen) atoms. The second-order valence-electron chi connectivity index (χ2n) is 22.7. The van der Waals surface area contributed by atoms with Gasteiger partial charge in [-0.3, -0.25) is 4.79 Å². The minimum absolute atomic E-state index is 0.267. The van der Waals surface area contributed by atoms with Crippen molar-refractivity contribution in [1.29, 1.82) is 0 Å². The van der Waals surface area contributed by atoms with Gasteiger partial charge in [-0.1, -0.05) is 37.8 Å². The number of unbranched alkanes of at least 4 members (excludes halogenated alkanes) is 2. The van der Waals surface area contributed by atoms with Crippen molar-refractivity contribution in [1.82, 2.24) is 20.3 Å². The molecule has 0 aromatic carbocycles. The summed E-state index contributed by atoms with van der Waals surface area (Å²) in [6.45, 7) is -0.716. The summed E-state index contributed by atoms with van der Waals surface area (Å²) in [6.07, 6.45) is -52.2. The van der Waals surface area contributed by atoms with Gasteiger partial charge in [-0.25, -0.2) is 4.68 Å². The molecule has 0 radical (unpaired) electrons. The number of carbonyl (C=O) groups is 1. The van der Waals surface area contributed by atoms with Crippen LogP contribution in [0.4, 0.5) is 0 Å². The number of carbonyl (C=O) groups excluding carboxylic acids is 1. The molecule has 1 aromatic rings. The van der Waals surface area contributed by atoms with E-state index in [4.69, 9.17) is 61.6 Å². The molecule has 31 atom stereocenters. The molecule has 0 spiro atoms. The molecule has 488 valence electrons. The maximum atomic E-state index is 12.8. The molecule has 0 saturated carbocycles. The Kier molecular flexibility index (Phi) is 23.3. The van der Waals surface area contributed by atoms with Gasteiger partial charge in [0.15, 0.2) is 37.7 Å². The third kappa shape index (κ3) is 14.3. The molecule has 1 aliphatic carbocycles. The third-order valence-corrected chi connectivity index (χ3v) is 16.9. The first-order valence-electron chi connectivity index (χ1n) is 29.0. The van der Waals surface area contributed by atoms with Crippen LogP contribution in [0.2, 0.25) is 0 Å². The highest BCUT2D eigenvalue weighted by atomic mass is 16.8. The Morgan fingerprint density at radius 3 is 1.28 bits per heavy atom. The van der Waals surface area contributed by atoms with Crippen molar-refractivity contribution in [3.63, 3.8) is 0 Å². The number of rotatable bonds is 13. The van der Waals surface area contributed by atoms with Crippen LogP contribution < -0.4 is 5.32 Å². The summed E-state index contributed by atoms with van der Waals surface area (Å²) >= 11 is 0. The Bertz CT molecular complexity index is 2240. The SMILES string of the molecule is CCCCCNC(=O)COC1CCCCCc2c1nnn2CC1OC2OC3C(C)OC(OC4C(CO)OC(OC5C(CO)OC(OC6C(CO)OC(OC7C(CO)OC(OC1C(O)C2O)C(O)C7O)C(O)C6O)C(O)C5O)C(O)C4O)C(O)C3O. The van der Waals surface area contributed by atoms with Crippen molar-refractivity contribution >= 4 is 5.91 Å². The highest BCUT2D eigenvalue weighted by molar-refractivity contribution is 5.77. The highest BCUT2D eigenvalue weighted by Gasteiger charge is 2.59. The van der Waals surface area contributed by atoms with Gasteiger partial charge in [-0.15, -0.1) is 5.10 Å². The first-order chi connectivity index (χ1) is 40.7. The smallest absolute Gasteiger partial charge is 0.246 e. The molecule has 1 amide bonds. The van der Waals surface area contributed by atoms with E-state index in [2.05, 4.69) is 15.6 Å². The Hall–Kier alpha value is -2.55. The van der Waals surface area contributed by atoms with Crippen LogP contribution in [0.1, 0.15) is 76.3 Å². The summed E-state index contributed by atoms with van der Waals surface area (Å²) in [6, 6.07) is 0. The Morgan fingerprint density at radius 2 is 0.871 bits per heavy atom. The number of aromatic nitrogens is 3. The summed E-state index contributed by atoms with van der Waals surface area (Å²) in [5, 5.41) is 193. The molecule has 34 heteroatoms. The third-order valence-electron chi connectivity index (χ3n) is 16.9. The van der Waals surface area contributed by atoms with E-state index < -0.39 is 217 Å². The van der Waals surface area contributed by atoms with Crippen LogP contribution in [0.5, 0.6) is 0 Å². The van der Waals surface area contributed by atoms with Gasteiger partial charge in [0.2, 0.25) is 5.91 Å². The lowest BCUT2D eigenvalue weighted by Crippen LogP contribution is -2.69. The Labute approximate surface area is 486 Å². The monoisotopic (exact) mass is 1230 g/mol. The molecule has 31 unspecified atom stereocenters. The minimum atomic E-state index is -2.16. The lowest BCUT2D eigenvalue weighted by Gasteiger charge is -2.50. The highest BCUT2D eigenvalue weighted by Crippen LogP contribution is 2.39. The maximum Gasteiger partial charge on any atom is 0.246 e. The molecule has 12 bridgehead atoms. The van der Waals surface area contributed by atoms with Crippen molar-refractivity contribution < 1.29 is 148 Å². The van der Waals surface area contributed by atoms with Crippen molar-refractivity contribution in [3.8, 4) is 0 Å². The van der Waals surface area contributed by atoms with E-state index in [1.54, 1.807) is 0 Å². The second kappa shape index (κ2) is 29.6. The van der Waals surface area contributed by atoms with Gasteiger partial charge in [-0.2, -0.15) is 0 Å². The topological polar surface area (TPSA) is 503 Å². The van der Waals surface area contributed by atoms with Gasteiger partial charge in [0.05, 0.1) is 44.8 Å². The molecule has 23 aliphatic rings. The molecule has 22 fully saturated rings. The number of hydrogen-bond acceptors (Lipinski definition) is 32. The largest absolute Gasteiger partial charge is 0.394 e. The first kappa shape index (κ1) is 66.9. The summed E-state index contributed by atoms with van der Waals surface area (Å²) in [4.78, 5) is 12.8. The molecular formula is C51H84N4O30. The summed E-state index contributed by atoms with van der Waals surface area (Å²) in [5.41, 5.74) is 0.949. The summed E-state index contributed by atoms with van der Waals surface area (Å²) in [5.74, 6) is -0.320. The average molecular weight is 1230 g/mol. The van der Waals surface area contributed by atoms with Crippen molar-refractivity contribution in [2.24, 2.45) is 0 Å². The zero-order valence-electron chi connectivity index (χ0n) is 46.7. The van der Waals surface area contributed by atoms with E-state index in [9.17, 15) is 86.5 Å². The number of nitrogens with one attached hydrogen (secondary N) is 1. The van der Waals surface area contributed by atoms with Gasteiger partial charge in [-0.05, 0) is 32.6 Å². The number of nitrogens with zero attached hydrogens (tertiary/aromatic N) is 3. The number of hydrogen-bond donors (Lipinski definition) is 17. The molecule has 22 saturated heterocycles. The van der Waals surface area contributed by atoms with Crippen LogP contribution in [0, 0.1) is 0 Å². The van der Waals surface area contributed by atoms with E-state index in [-0.39, 0.29) is 19.1 Å². The van der Waals surface area contributed by atoms with E-state index in [0.717, 1.165) is 32.1 Å². The van der Waals surface area contributed by atoms with Gasteiger partial charge >= 0.3 is 0 Å². The van der Waals surface area contributed by atoms with Crippen LogP contribution in [0.3, 0.4) is 0 Å². The van der Waals surface area contributed by atoms with Crippen molar-refractivity contribution in [2.45, 2.75) is 262 Å².